The molecule has 1 amide bonds. The van der Waals surface area contributed by atoms with Gasteiger partial charge in [-0.05, 0) is 31.0 Å². The van der Waals surface area contributed by atoms with Crippen molar-refractivity contribution in [3.8, 4) is 5.75 Å². The van der Waals surface area contributed by atoms with Crippen LogP contribution in [0.15, 0.2) is 22.7 Å². The van der Waals surface area contributed by atoms with Gasteiger partial charge in [0.2, 0.25) is 0 Å². The second-order valence-corrected chi connectivity index (χ2v) is 6.42. The van der Waals surface area contributed by atoms with Crippen molar-refractivity contribution < 1.29 is 9.90 Å². The zero-order chi connectivity index (χ0) is 14.0. The number of alkyl halides is 1. The van der Waals surface area contributed by atoms with Crippen LogP contribution in [0.5, 0.6) is 5.75 Å². The summed E-state index contributed by atoms with van der Waals surface area (Å²) >= 11 is 9.57. The van der Waals surface area contributed by atoms with E-state index in [0.717, 1.165) is 30.2 Å². The Labute approximate surface area is 126 Å². The lowest BCUT2D eigenvalue weighted by molar-refractivity contribution is 0.0697. The van der Waals surface area contributed by atoms with Crippen LogP contribution in [0.25, 0.3) is 0 Å². The molecule has 0 aliphatic heterocycles. The minimum absolute atomic E-state index is 0.000270. The van der Waals surface area contributed by atoms with Crippen molar-refractivity contribution in [3.05, 3.63) is 28.2 Å². The van der Waals surface area contributed by atoms with E-state index in [1.807, 2.05) is 0 Å². The van der Waals surface area contributed by atoms with E-state index in [9.17, 15) is 9.90 Å². The van der Waals surface area contributed by atoms with Crippen molar-refractivity contribution in [3.63, 3.8) is 0 Å². The summed E-state index contributed by atoms with van der Waals surface area (Å²) < 4.78 is 0.747. The maximum Gasteiger partial charge on any atom is 0.257 e. The van der Waals surface area contributed by atoms with Gasteiger partial charge in [-0.1, -0.05) is 28.8 Å². The molecule has 0 heterocycles. The highest BCUT2D eigenvalue weighted by atomic mass is 79.9. The fraction of sp³-hybridized carbons (Fsp3) is 0.500. The van der Waals surface area contributed by atoms with E-state index in [2.05, 4.69) is 15.9 Å². The Morgan fingerprint density at radius 2 is 2.11 bits per heavy atom. The van der Waals surface area contributed by atoms with Gasteiger partial charge in [0.15, 0.2) is 0 Å². The van der Waals surface area contributed by atoms with Gasteiger partial charge in [-0.15, -0.1) is 11.6 Å². The van der Waals surface area contributed by atoms with Crippen LogP contribution in [-0.4, -0.2) is 34.4 Å². The van der Waals surface area contributed by atoms with E-state index in [0.29, 0.717) is 5.56 Å². The summed E-state index contributed by atoms with van der Waals surface area (Å²) in [7, 11) is 1.76. The molecule has 1 aromatic carbocycles. The van der Waals surface area contributed by atoms with Gasteiger partial charge in [0.1, 0.15) is 5.75 Å². The van der Waals surface area contributed by atoms with Gasteiger partial charge in [0.05, 0.1) is 10.9 Å². The number of hydrogen-bond acceptors (Lipinski definition) is 2. The molecule has 0 bridgehead atoms. The normalized spacial score (nSPS) is 23.1. The van der Waals surface area contributed by atoms with Gasteiger partial charge in [-0.2, -0.15) is 0 Å². The second-order valence-electron chi connectivity index (χ2n) is 4.95. The van der Waals surface area contributed by atoms with E-state index in [1.165, 1.54) is 6.07 Å². The number of benzene rings is 1. The number of rotatable bonds is 2. The molecule has 0 spiro atoms. The van der Waals surface area contributed by atoms with Gasteiger partial charge in [0, 0.05) is 17.6 Å². The number of amides is 1. The first-order valence-corrected chi connectivity index (χ1v) is 7.63. The summed E-state index contributed by atoms with van der Waals surface area (Å²) in [6.07, 6.45) is 4.08. The molecule has 1 aromatic rings. The monoisotopic (exact) mass is 345 g/mol. The Balaban J connectivity index is 2.18. The molecule has 1 fully saturated rings. The zero-order valence-electron chi connectivity index (χ0n) is 10.8. The van der Waals surface area contributed by atoms with Crippen LogP contribution in [-0.2, 0) is 0 Å². The van der Waals surface area contributed by atoms with E-state index in [1.54, 1.807) is 24.1 Å². The lowest BCUT2D eigenvalue weighted by Gasteiger charge is -2.35. The Hall–Kier alpha value is -0.740. The second kappa shape index (κ2) is 6.14. The molecule has 1 aliphatic rings. The summed E-state index contributed by atoms with van der Waals surface area (Å²) in [4.78, 5) is 14.1. The van der Waals surface area contributed by atoms with Crippen LogP contribution in [0.2, 0.25) is 0 Å². The lowest BCUT2D eigenvalue weighted by Crippen LogP contribution is -2.44. The van der Waals surface area contributed by atoms with Crippen LogP contribution in [0.3, 0.4) is 0 Å². The van der Waals surface area contributed by atoms with Crippen molar-refractivity contribution >= 4 is 33.4 Å². The van der Waals surface area contributed by atoms with Gasteiger partial charge in [-0.25, -0.2) is 0 Å². The van der Waals surface area contributed by atoms with Gasteiger partial charge in [-0.3, -0.25) is 4.79 Å². The van der Waals surface area contributed by atoms with Gasteiger partial charge < -0.3 is 10.0 Å². The standard InChI is InChI=1S/C14H17BrClNO2/c1-17(12-5-3-2-4-11(12)16)14(19)10-7-6-9(15)8-13(10)18/h6-8,11-12,18H,2-5H2,1H3. The van der Waals surface area contributed by atoms with E-state index < -0.39 is 0 Å². The maximum atomic E-state index is 12.4. The van der Waals surface area contributed by atoms with Crippen LogP contribution in [0.4, 0.5) is 0 Å². The average Bonchev–Trinajstić information content (AvgIpc) is 2.38. The summed E-state index contributed by atoms with van der Waals surface area (Å²) in [6, 6.07) is 4.95. The first-order valence-electron chi connectivity index (χ1n) is 6.40. The molecule has 1 saturated carbocycles. The summed E-state index contributed by atoms with van der Waals surface area (Å²) in [6.45, 7) is 0. The van der Waals surface area contributed by atoms with Crippen LogP contribution < -0.4 is 0 Å². The predicted octanol–water partition coefficient (Wildman–Crippen LogP) is 3.78. The molecule has 1 aliphatic carbocycles. The molecule has 5 heteroatoms. The first-order chi connectivity index (χ1) is 9.00. The predicted molar refractivity (Wildman–Crippen MR) is 79.8 cm³/mol. The molecule has 0 aromatic heterocycles. The molecular weight excluding hydrogens is 330 g/mol. The van der Waals surface area contributed by atoms with Crippen LogP contribution in [0.1, 0.15) is 36.0 Å². The molecular formula is C14H17BrClNO2. The summed E-state index contributed by atoms with van der Waals surface area (Å²) in [5, 5.41) is 9.86. The van der Waals surface area contributed by atoms with Gasteiger partial charge in [0.25, 0.3) is 5.91 Å². The highest BCUT2D eigenvalue weighted by Crippen LogP contribution is 2.29. The van der Waals surface area contributed by atoms with Crippen molar-refractivity contribution in [2.75, 3.05) is 7.05 Å². The SMILES string of the molecule is CN(C(=O)c1ccc(Br)cc1O)C1CCCCC1Cl. The minimum atomic E-state index is -0.178. The number of carbonyl (C=O) groups is 1. The highest BCUT2D eigenvalue weighted by molar-refractivity contribution is 9.10. The third-order valence-corrected chi connectivity index (χ3v) is 4.66. The van der Waals surface area contributed by atoms with Crippen LogP contribution in [0, 0.1) is 0 Å². The van der Waals surface area contributed by atoms with Gasteiger partial charge >= 0.3 is 0 Å². The third kappa shape index (κ3) is 3.23. The van der Waals surface area contributed by atoms with Crippen molar-refractivity contribution in [1.29, 1.82) is 0 Å². The number of hydrogen-bond donors (Lipinski definition) is 1. The third-order valence-electron chi connectivity index (χ3n) is 3.66. The molecule has 19 heavy (non-hydrogen) atoms. The van der Waals surface area contributed by atoms with Crippen LogP contribution >= 0.6 is 27.5 Å². The van der Waals surface area contributed by atoms with Crippen molar-refractivity contribution in [1.82, 2.24) is 4.90 Å². The number of carbonyl (C=O) groups excluding carboxylic acids is 1. The number of aromatic hydroxyl groups is 1. The Bertz CT molecular complexity index is 481. The highest BCUT2D eigenvalue weighted by Gasteiger charge is 2.30. The largest absolute Gasteiger partial charge is 0.507 e. The van der Waals surface area contributed by atoms with Crippen molar-refractivity contribution in [2.45, 2.75) is 37.1 Å². The molecule has 2 atom stereocenters. The number of phenols is 1. The first kappa shape index (κ1) is 14.7. The van der Waals surface area contributed by atoms with Crippen molar-refractivity contribution in [2.24, 2.45) is 0 Å². The minimum Gasteiger partial charge on any atom is -0.507 e. The topological polar surface area (TPSA) is 40.5 Å². The molecule has 104 valence electrons. The zero-order valence-corrected chi connectivity index (χ0v) is 13.1. The molecule has 0 radical (unpaired) electrons. The fourth-order valence-corrected chi connectivity index (χ4v) is 3.33. The van der Waals surface area contributed by atoms with E-state index >= 15 is 0 Å². The maximum absolute atomic E-state index is 12.4. The number of halogens is 2. The molecule has 0 saturated heterocycles. The Kier molecular flexibility index (Phi) is 4.74. The summed E-state index contributed by atoms with van der Waals surface area (Å²) in [5.41, 5.74) is 0.320. The molecule has 1 N–H and O–H groups in total. The number of nitrogens with zero attached hydrogens (tertiary/aromatic N) is 1. The average molecular weight is 347 g/mol. The number of phenolic OH excluding ortho intramolecular Hbond substituents is 1. The fourth-order valence-electron chi connectivity index (χ4n) is 2.53. The smallest absolute Gasteiger partial charge is 0.257 e. The Morgan fingerprint density at radius 3 is 2.74 bits per heavy atom. The quantitative estimate of drug-likeness (QED) is 0.828. The summed E-state index contributed by atoms with van der Waals surface area (Å²) in [5.74, 6) is -0.185. The lowest BCUT2D eigenvalue weighted by atomic mass is 9.93. The Morgan fingerprint density at radius 1 is 1.42 bits per heavy atom. The molecule has 2 rings (SSSR count). The van der Waals surface area contributed by atoms with E-state index in [-0.39, 0.29) is 23.1 Å². The molecule has 3 nitrogen and oxygen atoms in total. The molecule has 2 unspecified atom stereocenters. The van der Waals surface area contributed by atoms with E-state index in [4.69, 9.17) is 11.6 Å².